The molecule has 0 spiro atoms. The third kappa shape index (κ3) is 3.28. The lowest BCUT2D eigenvalue weighted by molar-refractivity contribution is 0.238. The number of benzene rings is 1. The van der Waals surface area contributed by atoms with Gasteiger partial charge >= 0.3 is 0 Å². The van der Waals surface area contributed by atoms with Gasteiger partial charge in [0.25, 0.3) is 0 Å². The summed E-state index contributed by atoms with van der Waals surface area (Å²) in [5.41, 5.74) is 4.30. The first kappa shape index (κ1) is 16.4. The number of rotatable bonds is 4. The predicted octanol–water partition coefficient (Wildman–Crippen LogP) is 3.31. The number of hydrogen-bond donors (Lipinski definition) is 1. The van der Waals surface area contributed by atoms with Gasteiger partial charge in [-0.1, -0.05) is 6.07 Å². The molecule has 1 aromatic carbocycles. The van der Waals surface area contributed by atoms with Crippen molar-refractivity contribution in [2.24, 2.45) is 5.92 Å². The topological polar surface area (TPSA) is 58.5 Å². The predicted molar refractivity (Wildman–Crippen MR) is 99.0 cm³/mol. The quantitative estimate of drug-likeness (QED) is 0.762. The van der Waals surface area contributed by atoms with E-state index >= 15 is 0 Å². The smallest absolute Gasteiger partial charge is 0.192 e. The summed E-state index contributed by atoms with van der Waals surface area (Å²) in [7, 11) is 0. The summed E-state index contributed by atoms with van der Waals surface area (Å²) < 4.78 is 5.28. The van der Waals surface area contributed by atoms with Gasteiger partial charge in [-0.25, -0.2) is 9.97 Å². The van der Waals surface area contributed by atoms with Crippen molar-refractivity contribution in [3.63, 3.8) is 0 Å². The van der Waals surface area contributed by atoms with Crippen molar-refractivity contribution in [1.29, 1.82) is 0 Å². The summed E-state index contributed by atoms with van der Waals surface area (Å²) in [6.45, 7) is 6.08. The summed E-state index contributed by atoms with van der Waals surface area (Å²) in [6.07, 6.45) is 2.62. The van der Waals surface area contributed by atoms with Crippen molar-refractivity contribution in [1.82, 2.24) is 9.97 Å². The van der Waals surface area contributed by atoms with E-state index in [0.29, 0.717) is 5.92 Å². The van der Waals surface area contributed by atoms with Crippen LogP contribution in [0.25, 0.3) is 11.1 Å². The van der Waals surface area contributed by atoms with Crippen LogP contribution < -0.4 is 7.97 Å². The Bertz CT molecular complexity index is 708. The van der Waals surface area contributed by atoms with E-state index in [1.807, 2.05) is 42.1 Å². The van der Waals surface area contributed by atoms with E-state index in [0.717, 1.165) is 53.5 Å². The molecule has 2 aromatic rings. The highest BCUT2D eigenvalue weighted by molar-refractivity contribution is 14.1. The van der Waals surface area contributed by atoms with Crippen LogP contribution in [-0.4, -0.2) is 34.8 Å². The van der Waals surface area contributed by atoms with Crippen molar-refractivity contribution in [2.75, 3.05) is 24.6 Å². The number of hydrogen-bond acceptors (Lipinski definition) is 5. The van der Waals surface area contributed by atoms with Crippen molar-refractivity contribution >= 4 is 28.8 Å². The van der Waals surface area contributed by atoms with Crippen LogP contribution in [0.15, 0.2) is 24.5 Å². The molecule has 1 aliphatic heterocycles. The Hall–Kier alpha value is -1.41. The zero-order valence-electron chi connectivity index (χ0n) is 13.3. The average Bonchev–Trinajstić information content (AvgIpc) is 3.04. The first-order chi connectivity index (χ1) is 11.1. The van der Waals surface area contributed by atoms with Gasteiger partial charge < -0.3 is 13.1 Å². The highest BCUT2D eigenvalue weighted by Gasteiger charge is 2.26. The standard InChI is InChI=1S/C17H20IN3O2/c1-11-7-14(23-18)3-4-15(11)16-12(2)19-10-20-17(16)21-6-5-13(8-21)9-22/h3-4,7,10,13,22H,5-6,8-9H2,1-2H3. The largest absolute Gasteiger partial charge is 0.428 e. The maximum atomic E-state index is 9.40. The number of aliphatic hydroxyl groups excluding tert-OH is 1. The Morgan fingerprint density at radius 2 is 2.17 bits per heavy atom. The highest BCUT2D eigenvalue weighted by atomic mass is 127. The maximum Gasteiger partial charge on any atom is 0.192 e. The monoisotopic (exact) mass is 425 g/mol. The van der Waals surface area contributed by atoms with Crippen LogP contribution >= 0.6 is 23.0 Å². The SMILES string of the molecule is Cc1cc(OI)ccc1-c1c(C)ncnc1N1CCC(CO)C1. The molecule has 0 bridgehead atoms. The van der Waals surface area contributed by atoms with E-state index in [1.54, 1.807) is 6.33 Å². The first-order valence-corrected chi connectivity index (χ1v) is 8.59. The number of aromatic nitrogens is 2. The Kier molecular flexibility index (Phi) is 5.01. The molecule has 0 radical (unpaired) electrons. The second kappa shape index (κ2) is 7.00. The van der Waals surface area contributed by atoms with Crippen LogP contribution in [-0.2, 0) is 0 Å². The van der Waals surface area contributed by atoms with Crippen LogP contribution in [0.2, 0.25) is 0 Å². The van der Waals surface area contributed by atoms with Gasteiger partial charge in [0.15, 0.2) is 23.0 Å². The molecule has 1 fully saturated rings. The van der Waals surface area contributed by atoms with Crippen molar-refractivity contribution in [3.8, 4) is 16.9 Å². The molecule has 6 heteroatoms. The molecule has 0 amide bonds. The Morgan fingerprint density at radius 1 is 1.35 bits per heavy atom. The van der Waals surface area contributed by atoms with Crippen LogP contribution in [0.3, 0.4) is 0 Å². The average molecular weight is 425 g/mol. The second-order valence-corrected chi connectivity index (χ2v) is 6.44. The van der Waals surface area contributed by atoms with Crippen molar-refractivity contribution in [3.05, 3.63) is 35.8 Å². The lowest BCUT2D eigenvalue weighted by Gasteiger charge is -2.22. The van der Waals surface area contributed by atoms with Gasteiger partial charge in [0.05, 0.1) is 5.69 Å². The Balaban J connectivity index is 2.05. The minimum Gasteiger partial charge on any atom is -0.428 e. The van der Waals surface area contributed by atoms with Gasteiger partial charge in [0.2, 0.25) is 0 Å². The Labute approximate surface area is 150 Å². The molecule has 23 heavy (non-hydrogen) atoms. The van der Waals surface area contributed by atoms with Gasteiger partial charge in [-0.3, -0.25) is 0 Å². The molecule has 1 aliphatic rings. The van der Waals surface area contributed by atoms with Gasteiger partial charge in [0, 0.05) is 31.2 Å². The van der Waals surface area contributed by atoms with E-state index in [2.05, 4.69) is 27.9 Å². The van der Waals surface area contributed by atoms with Gasteiger partial charge in [-0.15, -0.1) is 0 Å². The molecule has 3 rings (SSSR count). The molecule has 1 aromatic heterocycles. The fourth-order valence-corrected chi connectivity index (χ4v) is 3.43. The number of nitrogens with zero attached hydrogens (tertiary/aromatic N) is 3. The lowest BCUT2D eigenvalue weighted by Crippen LogP contribution is -2.23. The molecule has 0 saturated carbocycles. The second-order valence-electron chi connectivity index (χ2n) is 5.99. The molecular formula is C17H20IN3O2. The summed E-state index contributed by atoms with van der Waals surface area (Å²) >= 11 is 1.89. The van der Waals surface area contributed by atoms with Crippen LogP contribution in [0.1, 0.15) is 17.7 Å². The minimum absolute atomic E-state index is 0.233. The molecule has 122 valence electrons. The number of anilines is 1. The van der Waals surface area contributed by atoms with Crippen LogP contribution in [0, 0.1) is 19.8 Å². The van der Waals surface area contributed by atoms with Crippen LogP contribution in [0.4, 0.5) is 5.82 Å². The first-order valence-electron chi connectivity index (χ1n) is 7.71. The molecule has 1 unspecified atom stereocenters. The summed E-state index contributed by atoms with van der Waals surface area (Å²) in [5.74, 6) is 2.12. The molecule has 0 aliphatic carbocycles. The van der Waals surface area contributed by atoms with Crippen LogP contribution in [0.5, 0.6) is 5.75 Å². The maximum absolute atomic E-state index is 9.40. The van der Waals surface area contributed by atoms with Gasteiger partial charge in [0.1, 0.15) is 17.9 Å². The molecule has 1 saturated heterocycles. The summed E-state index contributed by atoms with van der Waals surface area (Å²) in [6, 6.07) is 6.06. The molecule has 5 nitrogen and oxygen atoms in total. The van der Waals surface area contributed by atoms with E-state index < -0.39 is 0 Å². The van der Waals surface area contributed by atoms with E-state index in [1.165, 1.54) is 0 Å². The summed E-state index contributed by atoms with van der Waals surface area (Å²) in [4.78, 5) is 11.2. The fourth-order valence-electron chi connectivity index (χ4n) is 3.15. The zero-order chi connectivity index (χ0) is 16.4. The highest BCUT2D eigenvalue weighted by Crippen LogP contribution is 2.36. The molecule has 1 N–H and O–H groups in total. The van der Waals surface area contributed by atoms with E-state index in [4.69, 9.17) is 3.07 Å². The lowest BCUT2D eigenvalue weighted by atomic mass is 9.99. The van der Waals surface area contributed by atoms with Crippen molar-refractivity contribution in [2.45, 2.75) is 20.3 Å². The molecule has 1 atom stereocenters. The van der Waals surface area contributed by atoms with E-state index in [9.17, 15) is 5.11 Å². The summed E-state index contributed by atoms with van der Waals surface area (Å²) in [5, 5.41) is 9.40. The number of aryl methyl sites for hydroxylation is 2. The fraction of sp³-hybridized carbons (Fsp3) is 0.412. The number of aliphatic hydroxyl groups is 1. The zero-order valence-corrected chi connectivity index (χ0v) is 15.4. The molecule has 2 heterocycles. The third-order valence-corrected chi connectivity index (χ3v) is 4.93. The minimum atomic E-state index is 0.233. The number of halogens is 1. The molecular weight excluding hydrogens is 405 g/mol. The van der Waals surface area contributed by atoms with Crippen molar-refractivity contribution < 1.29 is 8.17 Å². The Morgan fingerprint density at radius 3 is 2.83 bits per heavy atom. The van der Waals surface area contributed by atoms with E-state index in [-0.39, 0.29) is 6.61 Å². The van der Waals surface area contributed by atoms with Gasteiger partial charge in [-0.2, -0.15) is 0 Å². The third-order valence-electron chi connectivity index (χ3n) is 4.42. The van der Waals surface area contributed by atoms with Gasteiger partial charge in [-0.05, 0) is 43.5 Å². The normalized spacial score (nSPS) is 17.6.